The highest BCUT2D eigenvalue weighted by Crippen LogP contribution is 2.69. The first kappa shape index (κ1) is 21.0. The summed E-state index contributed by atoms with van der Waals surface area (Å²) >= 11 is 0. The van der Waals surface area contributed by atoms with Crippen molar-refractivity contribution >= 4 is 0 Å². The molecule has 0 aliphatic heterocycles. The van der Waals surface area contributed by atoms with E-state index in [0.29, 0.717) is 23.8 Å². The van der Waals surface area contributed by atoms with Crippen LogP contribution in [0.4, 0.5) is 8.78 Å². The lowest BCUT2D eigenvalue weighted by molar-refractivity contribution is 0.242. The maximum atomic E-state index is 14.5. The summed E-state index contributed by atoms with van der Waals surface area (Å²) in [6.07, 6.45) is 7.58. The fourth-order valence-electron chi connectivity index (χ4n) is 6.04. The van der Waals surface area contributed by atoms with E-state index in [0.717, 1.165) is 29.8 Å². The first-order chi connectivity index (χ1) is 16.4. The highest BCUT2D eigenvalue weighted by atomic mass is 19.1. The van der Waals surface area contributed by atoms with E-state index < -0.39 is 17.0 Å². The zero-order chi connectivity index (χ0) is 23.7. The van der Waals surface area contributed by atoms with Gasteiger partial charge in [-0.2, -0.15) is 5.10 Å². The molecule has 0 unspecified atom stereocenters. The number of rotatable bonds is 4. The Labute approximate surface area is 195 Å². The van der Waals surface area contributed by atoms with Crippen molar-refractivity contribution in [2.45, 2.75) is 51.4 Å². The van der Waals surface area contributed by atoms with Crippen LogP contribution in [0, 0.1) is 17.0 Å². The molecule has 34 heavy (non-hydrogen) atoms. The average Bonchev–Trinajstić information content (AvgIpc) is 3.47. The molecule has 0 spiro atoms. The van der Waals surface area contributed by atoms with E-state index in [-0.39, 0.29) is 22.6 Å². The molecular weight excluding hydrogens is 436 g/mol. The lowest BCUT2D eigenvalue weighted by Gasteiger charge is -2.37. The van der Waals surface area contributed by atoms with Crippen molar-refractivity contribution in [1.29, 1.82) is 0 Å². The molecule has 3 aromatic heterocycles. The molecule has 8 heteroatoms. The van der Waals surface area contributed by atoms with E-state index >= 15 is 0 Å². The summed E-state index contributed by atoms with van der Waals surface area (Å²) in [5.74, 6) is 0.0807. The molecule has 2 aliphatic carbocycles. The molecule has 172 valence electrons. The summed E-state index contributed by atoms with van der Waals surface area (Å²) in [4.78, 5) is 13.7. The minimum absolute atomic E-state index is 0.147. The number of nitrogens with zero attached hydrogens (tertiary/aromatic N) is 5. The first-order valence-electron chi connectivity index (χ1n) is 11.5. The maximum Gasteiger partial charge on any atom is 0.194 e. The van der Waals surface area contributed by atoms with E-state index in [1.807, 2.05) is 6.92 Å². The van der Waals surface area contributed by atoms with Gasteiger partial charge in [0.2, 0.25) is 0 Å². The summed E-state index contributed by atoms with van der Waals surface area (Å²) in [5, 5.41) is 8.86. The Kier molecular flexibility index (Phi) is 4.46. The number of hydrogen-bond donors (Lipinski definition) is 0. The van der Waals surface area contributed by atoms with Crippen LogP contribution in [0.5, 0.6) is 0 Å². The molecule has 0 saturated heterocycles. The van der Waals surface area contributed by atoms with Gasteiger partial charge >= 0.3 is 0 Å². The molecule has 3 heterocycles. The van der Waals surface area contributed by atoms with Gasteiger partial charge < -0.3 is 4.42 Å². The molecule has 6 nitrogen and oxygen atoms in total. The van der Waals surface area contributed by atoms with Crippen molar-refractivity contribution in [2.24, 2.45) is 5.41 Å². The van der Waals surface area contributed by atoms with Crippen LogP contribution in [0.3, 0.4) is 0 Å². The fourth-order valence-corrected chi connectivity index (χ4v) is 6.04. The second-order valence-electron chi connectivity index (χ2n) is 9.61. The molecule has 0 amide bonds. The predicted molar refractivity (Wildman–Crippen MR) is 121 cm³/mol. The lowest BCUT2D eigenvalue weighted by Crippen LogP contribution is -2.38. The molecule has 0 radical (unpaired) electrons. The van der Waals surface area contributed by atoms with Crippen molar-refractivity contribution < 1.29 is 13.2 Å². The van der Waals surface area contributed by atoms with E-state index in [1.54, 1.807) is 24.7 Å². The van der Waals surface area contributed by atoms with Crippen molar-refractivity contribution in [3.05, 3.63) is 77.3 Å². The maximum absolute atomic E-state index is 14.5. The monoisotopic (exact) mass is 459 g/mol. The van der Waals surface area contributed by atoms with Crippen LogP contribution in [0.2, 0.25) is 0 Å². The summed E-state index contributed by atoms with van der Waals surface area (Å²) in [6, 6.07) is 5.62. The van der Waals surface area contributed by atoms with Crippen LogP contribution in [-0.2, 0) is 11.8 Å². The van der Waals surface area contributed by atoms with Gasteiger partial charge in [-0.25, -0.2) is 18.7 Å². The first-order valence-corrected chi connectivity index (χ1v) is 11.5. The van der Waals surface area contributed by atoms with E-state index in [1.165, 1.54) is 18.2 Å². The number of fused-ring (bicyclic) bond motifs is 5. The van der Waals surface area contributed by atoms with Gasteiger partial charge in [0.15, 0.2) is 11.7 Å². The third kappa shape index (κ3) is 2.68. The third-order valence-corrected chi connectivity index (χ3v) is 7.78. The van der Waals surface area contributed by atoms with Crippen LogP contribution in [0.1, 0.15) is 62.4 Å². The Morgan fingerprint density at radius 3 is 2.59 bits per heavy atom. The van der Waals surface area contributed by atoms with Gasteiger partial charge in [-0.05, 0) is 47.9 Å². The Morgan fingerprint density at radius 2 is 1.85 bits per heavy atom. The molecule has 0 N–H and O–H groups in total. The summed E-state index contributed by atoms with van der Waals surface area (Å²) in [6.45, 7) is 6.38. The van der Waals surface area contributed by atoms with Crippen molar-refractivity contribution in [2.75, 3.05) is 0 Å². The lowest BCUT2D eigenvalue weighted by atomic mass is 9.66. The number of benzene rings is 1. The Morgan fingerprint density at radius 1 is 1.06 bits per heavy atom. The fraction of sp³-hybridized carbons (Fsp3) is 0.346. The molecule has 2 aliphatic rings. The highest BCUT2D eigenvalue weighted by Gasteiger charge is 2.65. The number of oxazole rings is 1. The Balaban J connectivity index is 1.51. The number of aromatic nitrogens is 5. The predicted octanol–water partition coefficient (Wildman–Crippen LogP) is 5.63. The Hall–Kier alpha value is -3.55. The van der Waals surface area contributed by atoms with Crippen molar-refractivity contribution in [1.82, 2.24) is 25.1 Å². The summed E-state index contributed by atoms with van der Waals surface area (Å²) in [5.41, 5.74) is 2.52. The van der Waals surface area contributed by atoms with Crippen LogP contribution in [0.25, 0.3) is 22.7 Å². The van der Waals surface area contributed by atoms with Crippen LogP contribution < -0.4 is 0 Å². The van der Waals surface area contributed by atoms with Crippen LogP contribution in [0.15, 0.2) is 47.3 Å². The quantitative estimate of drug-likeness (QED) is 0.393. The molecule has 1 aromatic carbocycles. The molecule has 6 rings (SSSR count). The minimum Gasteiger partial charge on any atom is -0.439 e. The minimum atomic E-state index is -0.650. The average molecular weight is 460 g/mol. The van der Waals surface area contributed by atoms with Gasteiger partial charge in [0.25, 0.3) is 0 Å². The van der Waals surface area contributed by atoms with Crippen LogP contribution in [-0.4, -0.2) is 25.1 Å². The smallest absolute Gasteiger partial charge is 0.194 e. The second-order valence-corrected chi connectivity index (χ2v) is 9.61. The standard InChI is InChI=1S/C26H23F2N5O/c1-4-22-30-12-20(34-22)19-11-29-13-21(31-19)26-9-8-15(25(26,2)3)14-10-18(32-33-24(14)26)23-16(27)6-5-7-17(23)28/h5-7,10-13,15H,4,8-9H2,1-3H3/t15-,26-/m0/s1. The molecule has 2 atom stereocenters. The highest BCUT2D eigenvalue weighted by molar-refractivity contribution is 5.64. The molecule has 1 fully saturated rings. The summed E-state index contributed by atoms with van der Waals surface area (Å²) < 4.78 is 34.7. The zero-order valence-corrected chi connectivity index (χ0v) is 19.1. The zero-order valence-electron chi connectivity index (χ0n) is 19.1. The van der Waals surface area contributed by atoms with E-state index in [9.17, 15) is 8.78 Å². The summed E-state index contributed by atoms with van der Waals surface area (Å²) in [7, 11) is 0. The third-order valence-electron chi connectivity index (χ3n) is 7.78. The largest absolute Gasteiger partial charge is 0.439 e. The molecule has 2 bridgehead atoms. The molecular formula is C26H23F2N5O. The van der Waals surface area contributed by atoms with Gasteiger partial charge in [-0.1, -0.05) is 26.8 Å². The SMILES string of the molecule is CCc1ncc(-c2cncc([C@@]34CC[C@@H](c5cc(-c6c(F)cccc6F)nnc53)C4(C)C)n2)o1. The van der Waals surface area contributed by atoms with Gasteiger partial charge in [0.1, 0.15) is 17.3 Å². The Bertz CT molecular complexity index is 1410. The van der Waals surface area contributed by atoms with E-state index in [4.69, 9.17) is 9.40 Å². The second kappa shape index (κ2) is 7.22. The van der Waals surface area contributed by atoms with Gasteiger partial charge in [-0.15, -0.1) is 5.10 Å². The van der Waals surface area contributed by atoms with E-state index in [2.05, 4.69) is 34.0 Å². The topological polar surface area (TPSA) is 77.6 Å². The van der Waals surface area contributed by atoms with Gasteiger partial charge in [-0.3, -0.25) is 4.98 Å². The number of halogens is 2. The number of hydrogen-bond acceptors (Lipinski definition) is 6. The number of aryl methyl sites for hydroxylation is 1. The van der Waals surface area contributed by atoms with Crippen molar-refractivity contribution in [3.63, 3.8) is 0 Å². The van der Waals surface area contributed by atoms with Gasteiger partial charge in [0, 0.05) is 12.6 Å². The van der Waals surface area contributed by atoms with Crippen molar-refractivity contribution in [3.8, 4) is 22.7 Å². The normalized spacial score (nSPS) is 22.2. The van der Waals surface area contributed by atoms with Crippen LogP contribution >= 0.6 is 0 Å². The molecule has 1 saturated carbocycles. The molecule has 4 aromatic rings. The van der Waals surface area contributed by atoms with Gasteiger partial charge in [0.05, 0.1) is 40.5 Å².